The van der Waals surface area contributed by atoms with Crippen LogP contribution in [0.25, 0.3) is 11.8 Å². The summed E-state index contributed by atoms with van der Waals surface area (Å²) in [7, 11) is 0. The van der Waals surface area contributed by atoms with Gasteiger partial charge in [-0.25, -0.2) is 0 Å². The lowest BCUT2D eigenvalue weighted by Gasteiger charge is -2.13. The molecule has 0 aliphatic carbocycles. The Hall–Kier alpha value is -3.17. The second kappa shape index (κ2) is 8.76. The maximum atomic E-state index is 12.9. The molecule has 0 atom stereocenters. The summed E-state index contributed by atoms with van der Waals surface area (Å²) in [6.45, 7) is 4.03. The summed E-state index contributed by atoms with van der Waals surface area (Å²) in [5.41, 5.74) is 4.26. The van der Waals surface area contributed by atoms with Gasteiger partial charge in [0.15, 0.2) is 0 Å². The van der Waals surface area contributed by atoms with Crippen molar-refractivity contribution in [1.82, 2.24) is 9.47 Å². The van der Waals surface area contributed by atoms with Crippen molar-refractivity contribution < 1.29 is 14.5 Å². The van der Waals surface area contributed by atoms with Crippen LogP contribution in [0.15, 0.2) is 64.0 Å². The molecular formula is C23H18BrN3O4S. The minimum absolute atomic E-state index is 0.0233. The molecule has 3 aromatic rings. The van der Waals surface area contributed by atoms with Crippen LogP contribution in [0.3, 0.4) is 0 Å². The van der Waals surface area contributed by atoms with E-state index in [1.165, 1.54) is 17.0 Å². The summed E-state index contributed by atoms with van der Waals surface area (Å²) in [6, 6.07) is 15.7. The maximum Gasteiger partial charge on any atom is 0.293 e. The first-order valence-corrected chi connectivity index (χ1v) is 11.3. The van der Waals surface area contributed by atoms with E-state index in [0.717, 1.165) is 44.4 Å². The molecule has 2 amide bonds. The van der Waals surface area contributed by atoms with Crippen molar-refractivity contribution in [1.29, 1.82) is 0 Å². The monoisotopic (exact) mass is 511 g/mol. The Balaban J connectivity index is 1.62. The lowest BCUT2D eigenvalue weighted by atomic mass is 10.2. The zero-order valence-corrected chi connectivity index (χ0v) is 19.6. The summed E-state index contributed by atoms with van der Waals surface area (Å²) in [5, 5.41) is 10.6. The predicted octanol–water partition coefficient (Wildman–Crippen LogP) is 6.00. The number of nitrogens with zero attached hydrogens (tertiary/aromatic N) is 3. The van der Waals surface area contributed by atoms with E-state index in [1.54, 1.807) is 18.2 Å². The molecule has 0 unspecified atom stereocenters. The summed E-state index contributed by atoms with van der Waals surface area (Å²) >= 11 is 4.38. The van der Waals surface area contributed by atoms with Crippen molar-refractivity contribution in [2.24, 2.45) is 0 Å². The highest BCUT2D eigenvalue weighted by molar-refractivity contribution is 9.10. The molecule has 32 heavy (non-hydrogen) atoms. The van der Waals surface area contributed by atoms with Crippen LogP contribution in [-0.2, 0) is 11.3 Å². The molecule has 1 aliphatic heterocycles. The van der Waals surface area contributed by atoms with Crippen LogP contribution in [-0.4, -0.2) is 25.5 Å². The van der Waals surface area contributed by atoms with Gasteiger partial charge in [-0.05, 0) is 67.1 Å². The summed E-state index contributed by atoms with van der Waals surface area (Å²) in [5.74, 6) is -0.323. The molecule has 2 aromatic carbocycles. The van der Waals surface area contributed by atoms with E-state index in [1.807, 2.05) is 48.7 Å². The molecule has 1 aliphatic rings. The first-order chi connectivity index (χ1) is 15.3. The predicted molar refractivity (Wildman–Crippen MR) is 128 cm³/mol. The van der Waals surface area contributed by atoms with Gasteiger partial charge in [-0.1, -0.05) is 34.1 Å². The van der Waals surface area contributed by atoms with Gasteiger partial charge in [0, 0.05) is 33.7 Å². The SMILES string of the molecule is Cc1cc(/C=C2\SC(=O)N(Cc3ccccc3Br)C2=O)c(C)n1-c1ccc([N+](=O)[O-])cc1. The average Bonchev–Trinajstić information content (AvgIpc) is 3.19. The van der Waals surface area contributed by atoms with Crippen LogP contribution in [0.2, 0.25) is 0 Å². The number of halogens is 1. The van der Waals surface area contributed by atoms with Crippen LogP contribution in [0.1, 0.15) is 22.5 Å². The topological polar surface area (TPSA) is 85.5 Å². The number of benzene rings is 2. The van der Waals surface area contributed by atoms with Gasteiger partial charge in [-0.3, -0.25) is 24.6 Å². The van der Waals surface area contributed by atoms with Crippen molar-refractivity contribution in [3.05, 3.63) is 96.6 Å². The number of aromatic nitrogens is 1. The summed E-state index contributed by atoms with van der Waals surface area (Å²) in [4.78, 5) is 37.6. The number of nitro groups is 1. The molecule has 0 saturated carbocycles. The van der Waals surface area contributed by atoms with E-state index in [4.69, 9.17) is 0 Å². The second-order valence-electron chi connectivity index (χ2n) is 7.29. The number of imide groups is 1. The van der Waals surface area contributed by atoms with Gasteiger partial charge in [0.1, 0.15) is 0 Å². The number of hydrogen-bond acceptors (Lipinski definition) is 5. The Kier molecular flexibility index (Phi) is 6.03. The van der Waals surface area contributed by atoms with E-state index in [9.17, 15) is 19.7 Å². The number of nitro benzene ring substituents is 1. The van der Waals surface area contributed by atoms with E-state index < -0.39 is 4.92 Å². The van der Waals surface area contributed by atoms with Crippen molar-refractivity contribution in [2.45, 2.75) is 20.4 Å². The van der Waals surface area contributed by atoms with Crippen molar-refractivity contribution in [2.75, 3.05) is 0 Å². The van der Waals surface area contributed by atoms with E-state index in [0.29, 0.717) is 4.91 Å². The zero-order chi connectivity index (χ0) is 23.0. The minimum atomic E-state index is -0.436. The number of amides is 2. The van der Waals surface area contributed by atoms with Crippen molar-refractivity contribution in [3.63, 3.8) is 0 Å². The van der Waals surface area contributed by atoms with Gasteiger partial charge in [-0.15, -0.1) is 0 Å². The fourth-order valence-corrected chi connectivity index (χ4v) is 4.87. The van der Waals surface area contributed by atoms with E-state index >= 15 is 0 Å². The molecule has 162 valence electrons. The molecule has 1 fully saturated rings. The number of non-ortho nitro benzene ring substituents is 1. The van der Waals surface area contributed by atoms with Gasteiger partial charge < -0.3 is 4.57 Å². The zero-order valence-electron chi connectivity index (χ0n) is 17.2. The number of carbonyl (C=O) groups is 2. The lowest BCUT2D eigenvalue weighted by molar-refractivity contribution is -0.384. The fraction of sp³-hybridized carbons (Fsp3) is 0.130. The minimum Gasteiger partial charge on any atom is -0.318 e. The van der Waals surface area contributed by atoms with Crippen LogP contribution in [0, 0.1) is 24.0 Å². The first-order valence-electron chi connectivity index (χ1n) is 9.69. The molecule has 2 heterocycles. The van der Waals surface area contributed by atoms with Gasteiger partial charge in [0.25, 0.3) is 16.8 Å². The van der Waals surface area contributed by atoms with Crippen molar-refractivity contribution >= 4 is 50.6 Å². The van der Waals surface area contributed by atoms with E-state index in [2.05, 4.69) is 15.9 Å². The van der Waals surface area contributed by atoms with E-state index in [-0.39, 0.29) is 23.4 Å². The van der Waals surface area contributed by atoms with Gasteiger partial charge in [0.05, 0.1) is 16.4 Å². The van der Waals surface area contributed by atoms with Crippen LogP contribution in [0.5, 0.6) is 0 Å². The smallest absolute Gasteiger partial charge is 0.293 e. The van der Waals surface area contributed by atoms with Gasteiger partial charge in [-0.2, -0.15) is 0 Å². The van der Waals surface area contributed by atoms with Crippen molar-refractivity contribution in [3.8, 4) is 5.69 Å². The summed E-state index contributed by atoms with van der Waals surface area (Å²) < 4.78 is 2.80. The van der Waals surface area contributed by atoms with Crippen LogP contribution in [0.4, 0.5) is 10.5 Å². The normalized spacial score (nSPS) is 15.1. The van der Waals surface area contributed by atoms with Crippen LogP contribution >= 0.6 is 27.7 Å². The number of aryl methyl sites for hydroxylation is 1. The highest BCUT2D eigenvalue weighted by Crippen LogP contribution is 2.35. The number of hydrogen-bond donors (Lipinski definition) is 0. The average molecular weight is 512 g/mol. The molecule has 7 nitrogen and oxygen atoms in total. The molecule has 0 N–H and O–H groups in total. The maximum absolute atomic E-state index is 12.9. The molecule has 1 saturated heterocycles. The Morgan fingerprint density at radius 1 is 1.09 bits per heavy atom. The Morgan fingerprint density at radius 3 is 2.44 bits per heavy atom. The first kappa shape index (κ1) is 22.0. The molecule has 9 heteroatoms. The molecule has 0 radical (unpaired) electrons. The standard InChI is InChI=1S/C23H18BrN3O4S/c1-14-11-17(15(2)26(14)18-7-9-19(10-8-18)27(30)31)12-21-22(28)25(23(29)32-21)13-16-5-3-4-6-20(16)24/h3-12H,13H2,1-2H3/b21-12-. The largest absolute Gasteiger partial charge is 0.318 e. The third-order valence-electron chi connectivity index (χ3n) is 5.24. The Bertz CT molecular complexity index is 1280. The molecule has 0 bridgehead atoms. The molecule has 0 spiro atoms. The molecule has 4 rings (SSSR count). The lowest BCUT2D eigenvalue weighted by Crippen LogP contribution is -2.27. The quantitative estimate of drug-likeness (QED) is 0.238. The Labute approximate surface area is 197 Å². The summed E-state index contributed by atoms with van der Waals surface area (Å²) in [6.07, 6.45) is 1.73. The number of thioether (sulfide) groups is 1. The Morgan fingerprint density at radius 2 is 1.78 bits per heavy atom. The van der Waals surface area contributed by atoms with Gasteiger partial charge in [0.2, 0.25) is 0 Å². The number of carbonyl (C=O) groups excluding carboxylic acids is 2. The van der Waals surface area contributed by atoms with Crippen LogP contribution < -0.4 is 0 Å². The van der Waals surface area contributed by atoms with Gasteiger partial charge >= 0.3 is 0 Å². The molecular weight excluding hydrogens is 494 g/mol. The highest BCUT2D eigenvalue weighted by Gasteiger charge is 2.35. The molecule has 1 aromatic heterocycles. The number of rotatable bonds is 5. The fourth-order valence-electron chi connectivity index (χ4n) is 3.63. The third-order valence-corrected chi connectivity index (χ3v) is 6.92. The highest BCUT2D eigenvalue weighted by atomic mass is 79.9. The third kappa shape index (κ3) is 4.13. The second-order valence-corrected chi connectivity index (χ2v) is 9.14.